The summed E-state index contributed by atoms with van der Waals surface area (Å²) in [5, 5.41) is 12.3. The van der Waals surface area contributed by atoms with E-state index in [0.717, 1.165) is 5.56 Å². The molecule has 2 N–H and O–H groups in total. The van der Waals surface area contributed by atoms with Crippen LogP contribution in [0.5, 0.6) is 0 Å². The van der Waals surface area contributed by atoms with Crippen LogP contribution in [0.2, 0.25) is 5.15 Å². The van der Waals surface area contributed by atoms with Crippen LogP contribution < -0.4 is 5.32 Å². The maximum atomic E-state index is 11.3. The van der Waals surface area contributed by atoms with Crippen molar-refractivity contribution in [2.75, 3.05) is 5.32 Å². The van der Waals surface area contributed by atoms with E-state index in [1.54, 1.807) is 0 Å². The summed E-state index contributed by atoms with van der Waals surface area (Å²) in [6.07, 6.45) is 1.64. The second-order valence-corrected chi connectivity index (χ2v) is 4.34. The van der Waals surface area contributed by atoms with Gasteiger partial charge in [0.2, 0.25) is 0 Å². The third-order valence-corrected chi connectivity index (χ3v) is 2.74. The average Bonchev–Trinajstić information content (AvgIpc) is 2.39. The average molecular weight is 278 g/mol. The molecular formula is C13H12ClN3O2. The zero-order valence-electron chi connectivity index (χ0n) is 9.95. The Morgan fingerprint density at radius 2 is 2.05 bits per heavy atom. The van der Waals surface area contributed by atoms with Crippen LogP contribution in [-0.2, 0) is 11.2 Å². The zero-order chi connectivity index (χ0) is 13.7. The second-order valence-electron chi connectivity index (χ2n) is 3.95. The normalized spacial score (nSPS) is 11.8. The molecule has 1 heterocycles. The van der Waals surface area contributed by atoms with Crippen LogP contribution in [0.3, 0.4) is 0 Å². The topological polar surface area (TPSA) is 75.1 Å². The Labute approximate surface area is 115 Å². The second kappa shape index (κ2) is 6.15. The Hall–Kier alpha value is -2.14. The van der Waals surface area contributed by atoms with Crippen molar-refractivity contribution in [1.82, 2.24) is 9.97 Å². The number of carboxylic acids is 1. The molecular weight excluding hydrogens is 266 g/mol. The summed E-state index contributed by atoms with van der Waals surface area (Å²) in [5.74, 6) is -0.554. The first-order chi connectivity index (χ1) is 9.15. The molecule has 0 bridgehead atoms. The lowest BCUT2D eigenvalue weighted by atomic mass is 10.1. The van der Waals surface area contributed by atoms with Gasteiger partial charge in [-0.3, -0.25) is 0 Å². The Morgan fingerprint density at radius 1 is 1.32 bits per heavy atom. The van der Waals surface area contributed by atoms with Gasteiger partial charge in [0.05, 0.1) is 0 Å². The number of benzene rings is 1. The molecule has 0 aliphatic carbocycles. The molecule has 0 aliphatic heterocycles. The first-order valence-corrected chi connectivity index (χ1v) is 6.04. The van der Waals surface area contributed by atoms with E-state index in [1.807, 2.05) is 30.3 Å². The van der Waals surface area contributed by atoms with Crippen LogP contribution in [-0.4, -0.2) is 27.1 Å². The van der Waals surface area contributed by atoms with Gasteiger partial charge in [0.15, 0.2) is 0 Å². The Balaban J connectivity index is 2.11. The van der Waals surface area contributed by atoms with Gasteiger partial charge < -0.3 is 10.4 Å². The molecule has 1 aromatic carbocycles. The first-order valence-electron chi connectivity index (χ1n) is 5.66. The quantitative estimate of drug-likeness (QED) is 0.820. The van der Waals surface area contributed by atoms with Crippen LogP contribution >= 0.6 is 11.6 Å². The molecule has 0 aliphatic rings. The minimum Gasteiger partial charge on any atom is -0.480 e. The molecule has 19 heavy (non-hydrogen) atoms. The summed E-state index contributed by atoms with van der Waals surface area (Å²) in [7, 11) is 0. The number of aromatic nitrogens is 2. The van der Waals surface area contributed by atoms with Gasteiger partial charge in [0, 0.05) is 12.5 Å². The highest BCUT2D eigenvalue weighted by molar-refractivity contribution is 6.29. The van der Waals surface area contributed by atoms with Crippen LogP contribution in [0.15, 0.2) is 42.7 Å². The number of halogens is 1. The van der Waals surface area contributed by atoms with E-state index in [-0.39, 0.29) is 5.15 Å². The number of nitrogens with zero attached hydrogens (tertiary/aromatic N) is 2. The highest BCUT2D eigenvalue weighted by Gasteiger charge is 2.18. The van der Waals surface area contributed by atoms with Crippen molar-refractivity contribution in [3.63, 3.8) is 0 Å². The van der Waals surface area contributed by atoms with Crippen molar-refractivity contribution >= 4 is 23.4 Å². The lowest BCUT2D eigenvalue weighted by Gasteiger charge is -2.15. The van der Waals surface area contributed by atoms with E-state index in [1.165, 1.54) is 12.4 Å². The van der Waals surface area contributed by atoms with Gasteiger partial charge in [-0.25, -0.2) is 14.8 Å². The Bertz CT molecular complexity index is 563. The van der Waals surface area contributed by atoms with Gasteiger partial charge in [-0.2, -0.15) is 0 Å². The fraction of sp³-hybridized carbons (Fsp3) is 0.154. The number of rotatable bonds is 5. The number of hydrogen-bond acceptors (Lipinski definition) is 4. The van der Waals surface area contributed by atoms with Crippen LogP contribution in [0.4, 0.5) is 5.82 Å². The van der Waals surface area contributed by atoms with Gasteiger partial charge in [-0.1, -0.05) is 41.9 Å². The molecule has 0 spiro atoms. The monoisotopic (exact) mass is 277 g/mol. The van der Waals surface area contributed by atoms with E-state index in [0.29, 0.717) is 12.2 Å². The fourth-order valence-corrected chi connectivity index (χ4v) is 1.79. The lowest BCUT2D eigenvalue weighted by molar-refractivity contribution is -0.137. The Kier molecular flexibility index (Phi) is 4.30. The van der Waals surface area contributed by atoms with Crippen molar-refractivity contribution < 1.29 is 9.90 Å². The molecule has 5 nitrogen and oxygen atoms in total. The van der Waals surface area contributed by atoms with Gasteiger partial charge in [-0.15, -0.1) is 0 Å². The predicted octanol–water partition coefficient (Wildman–Crippen LogP) is 2.24. The number of hydrogen-bond donors (Lipinski definition) is 2. The highest BCUT2D eigenvalue weighted by atomic mass is 35.5. The zero-order valence-corrected chi connectivity index (χ0v) is 10.7. The van der Waals surface area contributed by atoms with Gasteiger partial charge in [0.25, 0.3) is 0 Å². The standard InChI is InChI=1S/C13H12ClN3O2/c14-11-7-12(16-8-15-11)17-10(13(18)19)6-9-4-2-1-3-5-9/h1-5,7-8,10H,6H2,(H,18,19)(H,15,16,17)/t10-/m0/s1. The summed E-state index contributed by atoms with van der Waals surface area (Å²) in [6.45, 7) is 0. The Morgan fingerprint density at radius 3 is 2.68 bits per heavy atom. The first kappa shape index (κ1) is 13.3. The molecule has 2 rings (SSSR count). The molecule has 0 unspecified atom stereocenters. The van der Waals surface area contributed by atoms with Gasteiger partial charge >= 0.3 is 5.97 Å². The summed E-state index contributed by atoms with van der Waals surface area (Å²) < 4.78 is 0. The van der Waals surface area contributed by atoms with Crippen LogP contribution in [0.1, 0.15) is 5.56 Å². The van der Waals surface area contributed by atoms with E-state index in [4.69, 9.17) is 11.6 Å². The van der Waals surface area contributed by atoms with Crippen molar-refractivity contribution in [2.45, 2.75) is 12.5 Å². The highest BCUT2D eigenvalue weighted by Crippen LogP contribution is 2.12. The SMILES string of the molecule is O=C(O)[C@H](Cc1ccccc1)Nc1cc(Cl)ncn1. The molecule has 98 valence electrons. The largest absolute Gasteiger partial charge is 0.480 e. The summed E-state index contributed by atoms with van der Waals surface area (Å²) >= 11 is 5.73. The lowest BCUT2D eigenvalue weighted by Crippen LogP contribution is -2.31. The minimum absolute atomic E-state index is 0.265. The summed E-state index contributed by atoms with van der Waals surface area (Å²) in [5.41, 5.74) is 0.933. The molecule has 6 heteroatoms. The number of nitrogens with one attached hydrogen (secondary N) is 1. The van der Waals surface area contributed by atoms with Crippen molar-refractivity contribution in [1.29, 1.82) is 0 Å². The number of carbonyl (C=O) groups is 1. The van der Waals surface area contributed by atoms with Crippen LogP contribution in [0.25, 0.3) is 0 Å². The van der Waals surface area contributed by atoms with E-state index in [9.17, 15) is 9.90 Å². The van der Waals surface area contributed by atoms with Crippen LogP contribution in [0, 0.1) is 0 Å². The van der Waals surface area contributed by atoms with E-state index in [2.05, 4.69) is 15.3 Å². The van der Waals surface area contributed by atoms with Crippen molar-refractivity contribution in [3.8, 4) is 0 Å². The third-order valence-electron chi connectivity index (χ3n) is 2.54. The molecule has 1 atom stereocenters. The predicted molar refractivity (Wildman–Crippen MR) is 72.2 cm³/mol. The molecule has 0 radical (unpaired) electrons. The van der Waals surface area contributed by atoms with E-state index >= 15 is 0 Å². The smallest absolute Gasteiger partial charge is 0.326 e. The number of anilines is 1. The van der Waals surface area contributed by atoms with Gasteiger partial charge in [0.1, 0.15) is 23.3 Å². The summed E-state index contributed by atoms with van der Waals surface area (Å²) in [6, 6.07) is 10.1. The number of aliphatic carboxylic acids is 1. The number of carboxylic acid groups (broad SMARTS) is 1. The molecule has 0 fully saturated rings. The minimum atomic E-state index is -0.946. The molecule has 2 aromatic rings. The molecule has 0 amide bonds. The molecule has 0 saturated heterocycles. The third kappa shape index (κ3) is 3.93. The maximum absolute atomic E-state index is 11.3. The van der Waals surface area contributed by atoms with E-state index < -0.39 is 12.0 Å². The van der Waals surface area contributed by atoms with Crippen molar-refractivity contribution in [2.24, 2.45) is 0 Å². The van der Waals surface area contributed by atoms with Gasteiger partial charge in [-0.05, 0) is 5.56 Å². The molecule has 1 aromatic heterocycles. The fourth-order valence-electron chi connectivity index (χ4n) is 1.64. The maximum Gasteiger partial charge on any atom is 0.326 e. The van der Waals surface area contributed by atoms with Crippen molar-refractivity contribution in [3.05, 3.63) is 53.4 Å². The molecule has 0 saturated carbocycles. The summed E-state index contributed by atoms with van der Waals surface area (Å²) in [4.78, 5) is 18.9.